The third-order valence-corrected chi connectivity index (χ3v) is 3.38. The van der Waals surface area contributed by atoms with Gasteiger partial charge in [-0.25, -0.2) is 0 Å². The Morgan fingerprint density at radius 3 is 2.75 bits per heavy atom. The second-order valence-electron chi connectivity index (χ2n) is 4.24. The summed E-state index contributed by atoms with van der Waals surface area (Å²) in [6, 6.07) is 5.51. The minimum Gasteiger partial charge on any atom is -0.480 e. The van der Waals surface area contributed by atoms with Gasteiger partial charge in [0.15, 0.2) is 0 Å². The molecule has 1 saturated carbocycles. The van der Waals surface area contributed by atoms with Gasteiger partial charge in [0, 0.05) is 10.5 Å². The lowest BCUT2D eigenvalue weighted by molar-refractivity contribution is -0.139. The van der Waals surface area contributed by atoms with Crippen molar-refractivity contribution >= 4 is 21.9 Å². The molecule has 86 valence electrons. The third-order valence-electron chi connectivity index (χ3n) is 2.69. The third kappa shape index (κ3) is 2.62. The fourth-order valence-electron chi connectivity index (χ4n) is 1.65. The van der Waals surface area contributed by atoms with Crippen LogP contribution < -0.4 is 5.32 Å². The van der Waals surface area contributed by atoms with Crippen LogP contribution in [0.1, 0.15) is 30.0 Å². The number of benzene rings is 1. The molecule has 3 nitrogen and oxygen atoms in total. The summed E-state index contributed by atoms with van der Waals surface area (Å²) in [5.41, 5.74) is 1.91. The van der Waals surface area contributed by atoms with E-state index in [1.165, 1.54) is 0 Å². The first-order valence-corrected chi connectivity index (χ1v) is 6.12. The number of hydrogen-bond donors (Lipinski definition) is 2. The number of carboxylic acids is 1. The van der Waals surface area contributed by atoms with E-state index >= 15 is 0 Å². The van der Waals surface area contributed by atoms with E-state index in [1.54, 1.807) is 0 Å². The summed E-state index contributed by atoms with van der Waals surface area (Å²) in [4.78, 5) is 11.2. The Bertz CT molecular complexity index is 415. The van der Waals surface area contributed by atoms with Crippen molar-refractivity contribution in [2.45, 2.75) is 31.8 Å². The largest absolute Gasteiger partial charge is 0.480 e. The van der Waals surface area contributed by atoms with Crippen LogP contribution in [0.5, 0.6) is 0 Å². The quantitative estimate of drug-likeness (QED) is 0.893. The molecular formula is C12H14BrNO2. The second kappa shape index (κ2) is 4.55. The number of rotatable bonds is 4. The topological polar surface area (TPSA) is 49.3 Å². The zero-order valence-electron chi connectivity index (χ0n) is 9.03. The molecule has 0 aliphatic heterocycles. The minimum absolute atomic E-state index is 0.370. The molecule has 4 heteroatoms. The number of nitrogens with one attached hydrogen (secondary N) is 1. The molecule has 1 unspecified atom stereocenters. The molecule has 0 amide bonds. The maximum absolute atomic E-state index is 11.2. The van der Waals surface area contributed by atoms with Gasteiger partial charge in [0.25, 0.3) is 0 Å². The van der Waals surface area contributed by atoms with Gasteiger partial charge in [-0.15, -0.1) is 0 Å². The van der Waals surface area contributed by atoms with Crippen molar-refractivity contribution < 1.29 is 9.90 Å². The van der Waals surface area contributed by atoms with Gasteiger partial charge in [0.05, 0.1) is 0 Å². The van der Waals surface area contributed by atoms with E-state index in [0.717, 1.165) is 28.4 Å². The molecule has 1 aromatic carbocycles. The van der Waals surface area contributed by atoms with E-state index in [1.807, 2.05) is 25.1 Å². The first kappa shape index (κ1) is 11.6. The maximum Gasteiger partial charge on any atom is 0.325 e. The van der Waals surface area contributed by atoms with E-state index in [4.69, 9.17) is 0 Å². The second-order valence-corrected chi connectivity index (χ2v) is 5.09. The lowest BCUT2D eigenvalue weighted by Crippen LogP contribution is -2.30. The van der Waals surface area contributed by atoms with Crippen LogP contribution in [0, 0.1) is 6.92 Å². The van der Waals surface area contributed by atoms with Crippen molar-refractivity contribution in [3.8, 4) is 0 Å². The Hall–Kier alpha value is -0.870. The van der Waals surface area contributed by atoms with Crippen molar-refractivity contribution in [3.63, 3.8) is 0 Å². The van der Waals surface area contributed by atoms with Crippen LogP contribution in [0.4, 0.5) is 0 Å². The van der Waals surface area contributed by atoms with Crippen molar-refractivity contribution in [1.29, 1.82) is 0 Å². The molecule has 2 N–H and O–H groups in total. The van der Waals surface area contributed by atoms with Crippen LogP contribution in [0.15, 0.2) is 22.7 Å². The molecule has 0 radical (unpaired) electrons. The smallest absolute Gasteiger partial charge is 0.325 e. The summed E-state index contributed by atoms with van der Waals surface area (Å²) in [7, 11) is 0. The van der Waals surface area contributed by atoms with Crippen LogP contribution in [0.2, 0.25) is 0 Å². The van der Waals surface area contributed by atoms with Crippen LogP contribution in [0.25, 0.3) is 0 Å². The summed E-state index contributed by atoms with van der Waals surface area (Å²) in [5, 5.41) is 12.4. The number of aryl methyl sites for hydroxylation is 1. The summed E-state index contributed by atoms with van der Waals surface area (Å²) in [5.74, 6) is -0.823. The molecule has 0 heterocycles. The van der Waals surface area contributed by atoms with Gasteiger partial charge in [-0.05, 0) is 37.0 Å². The zero-order valence-corrected chi connectivity index (χ0v) is 10.6. The standard InChI is InChI=1S/C12H14BrNO2/c1-7-2-5-9(10(13)6-7)11(12(15)16)14-8-3-4-8/h2,5-6,8,11,14H,3-4H2,1H3,(H,15,16). The molecule has 1 aromatic rings. The Balaban J connectivity index is 2.26. The lowest BCUT2D eigenvalue weighted by Gasteiger charge is -2.16. The molecule has 1 atom stereocenters. The predicted octanol–water partition coefficient (Wildman–Crippen LogP) is 2.64. The highest BCUT2D eigenvalue weighted by Gasteiger charge is 2.30. The number of carbonyl (C=O) groups is 1. The van der Waals surface area contributed by atoms with E-state index in [0.29, 0.717) is 6.04 Å². The van der Waals surface area contributed by atoms with Gasteiger partial charge in [0.2, 0.25) is 0 Å². The van der Waals surface area contributed by atoms with E-state index in [9.17, 15) is 9.90 Å². The van der Waals surface area contributed by atoms with E-state index < -0.39 is 12.0 Å². The Morgan fingerprint density at radius 2 is 2.25 bits per heavy atom. The van der Waals surface area contributed by atoms with Gasteiger partial charge >= 0.3 is 5.97 Å². The van der Waals surface area contributed by atoms with Gasteiger partial charge in [-0.1, -0.05) is 28.1 Å². The molecule has 16 heavy (non-hydrogen) atoms. The molecular weight excluding hydrogens is 270 g/mol. The predicted molar refractivity (Wildman–Crippen MR) is 65.4 cm³/mol. The summed E-state index contributed by atoms with van der Waals surface area (Å²) in [6.45, 7) is 1.98. The first-order valence-electron chi connectivity index (χ1n) is 5.33. The summed E-state index contributed by atoms with van der Waals surface area (Å²) < 4.78 is 0.855. The number of carboxylic acid groups (broad SMARTS) is 1. The average Bonchev–Trinajstić information content (AvgIpc) is 2.98. The lowest BCUT2D eigenvalue weighted by atomic mass is 10.1. The highest BCUT2D eigenvalue weighted by Crippen LogP contribution is 2.29. The SMILES string of the molecule is Cc1ccc(C(NC2CC2)C(=O)O)c(Br)c1. The Morgan fingerprint density at radius 1 is 1.56 bits per heavy atom. The van der Waals surface area contributed by atoms with Crippen LogP contribution >= 0.6 is 15.9 Å². The van der Waals surface area contributed by atoms with Crippen LogP contribution in [0.3, 0.4) is 0 Å². The van der Waals surface area contributed by atoms with Gasteiger partial charge in [-0.3, -0.25) is 10.1 Å². The molecule has 0 spiro atoms. The molecule has 0 saturated heterocycles. The molecule has 1 fully saturated rings. The van der Waals surface area contributed by atoms with Gasteiger partial charge in [0.1, 0.15) is 6.04 Å². The molecule has 1 aliphatic carbocycles. The van der Waals surface area contributed by atoms with Crippen molar-refractivity contribution in [2.75, 3.05) is 0 Å². The molecule has 1 aliphatic rings. The Kier molecular flexibility index (Phi) is 3.30. The summed E-state index contributed by atoms with van der Waals surface area (Å²) in [6.07, 6.45) is 2.15. The average molecular weight is 284 g/mol. The summed E-state index contributed by atoms with van der Waals surface area (Å²) >= 11 is 3.42. The first-order chi connectivity index (χ1) is 7.58. The number of aliphatic carboxylic acids is 1. The number of hydrogen-bond acceptors (Lipinski definition) is 2. The zero-order chi connectivity index (χ0) is 11.7. The van der Waals surface area contributed by atoms with Gasteiger partial charge < -0.3 is 5.11 Å². The van der Waals surface area contributed by atoms with Crippen LogP contribution in [-0.4, -0.2) is 17.1 Å². The maximum atomic E-state index is 11.2. The number of halogens is 1. The van der Waals surface area contributed by atoms with E-state index in [-0.39, 0.29) is 0 Å². The fourth-order valence-corrected chi connectivity index (χ4v) is 2.37. The Labute approximate surface area is 103 Å². The van der Waals surface area contributed by atoms with Crippen molar-refractivity contribution in [1.82, 2.24) is 5.32 Å². The van der Waals surface area contributed by atoms with Crippen LogP contribution in [-0.2, 0) is 4.79 Å². The molecule has 0 aromatic heterocycles. The highest BCUT2D eigenvalue weighted by atomic mass is 79.9. The van der Waals surface area contributed by atoms with E-state index in [2.05, 4.69) is 21.2 Å². The minimum atomic E-state index is -0.823. The monoisotopic (exact) mass is 283 g/mol. The fraction of sp³-hybridized carbons (Fsp3) is 0.417. The highest BCUT2D eigenvalue weighted by molar-refractivity contribution is 9.10. The van der Waals surface area contributed by atoms with Crippen molar-refractivity contribution in [3.05, 3.63) is 33.8 Å². The molecule has 2 rings (SSSR count). The normalized spacial score (nSPS) is 17.1. The van der Waals surface area contributed by atoms with Crippen molar-refractivity contribution in [2.24, 2.45) is 0 Å². The van der Waals surface area contributed by atoms with Gasteiger partial charge in [-0.2, -0.15) is 0 Å². The molecule has 0 bridgehead atoms.